The number of amides is 3. The number of aliphatic imine (C=N–C) groups is 1. The summed E-state index contributed by atoms with van der Waals surface area (Å²) < 4.78 is 0. The molecule has 4 rings (SSSR count). The predicted molar refractivity (Wildman–Crippen MR) is 110 cm³/mol. The Labute approximate surface area is 168 Å². The quantitative estimate of drug-likeness (QED) is 0.814. The van der Waals surface area contributed by atoms with Crippen molar-refractivity contribution in [3.05, 3.63) is 64.7 Å². The molecule has 0 saturated carbocycles. The van der Waals surface area contributed by atoms with Gasteiger partial charge < -0.3 is 15.5 Å². The first-order chi connectivity index (χ1) is 13.5. The van der Waals surface area contributed by atoms with E-state index in [2.05, 4.69) is 10.6 Å². The minimum absolute atomic E-state index is 0.154. The Kier molecular flexibility index (Phi) is 4.81. The maximum absolute atomic E-state index is 12.6. The molecule has 2 aliphatic rings. The molecule has 2 heterocycles. The molecular formula is C21H21ClN4O2. The lowest BCUT2D eigenvalue weighted by molar-refractivity contribution is -0.115. The highest BCUT2D eigenvalue weighted by Gasteiger charge is 2.42. The van der Waals surface area contributed by atoms with Gasteiger partial charge in [-0.3, -0.25) is 9.79 Å². The number of carbonyl (C=O) groups excluding carboxylic acids is 2. The summed E-state index contributed by atoms with van der Waals surface area (Å²) >= 11 is 6.03. The van der Waals surface area contributed by atoms with Crippen LogP contribution in [-0.4, -0.2) is 41.3 Å². The summed E-state index contributed by atoms with van der Waals surface area (Å²) in [5.41, 5.74) is 2.31. The Morgan fingerprint density at radius 3 is 2.61 bits per heavy atom. The molecule has 0 atom stereocenters. The van der Waals surface area contributed by atoms with Crippen molar-refractivity contribution in [2.75, 3.05) is 18.4 Å². The van der Waals surface area contributed by atoms with E-state index in [1.807, 2.05) is 43.3 Å². The molecule has 7 heteroatoms. The molecule has 0 aromatic heterocycles. The SMILES string of the molecule is Cc1ccc(Cl)cc1NC(=O)N1CCC2(CC1)N=C(c1ccccc1)C(=O)N2. The van der Waals surface area contributed by atoms with Crippen LogP contribution in [0.25, 0.3) is 0 Å². The number of piperidine rings is 1. The van der Waals surface area contributed by atoms with Crippen molar-refractivity contribution in [3.63, 3.8) is 0 Å². The summed E-state index contributed by atoms with van der Waals surface area (Å²) in [5, 5.41) is 6.53. The first-order valence-corrected chi connectivity index (χ1v) is 9.63. The predicted octanol–water partition coefficient (Wildman–Crippen LogP) is 3.59. The molecule has 2 aromatic carbocycles. The number of nitrogens with zero attached hydrogens (tertiary/aromatic N) is 2. The molecule has 2 aromatic rings. The number of hydrogen-bond donors (Lipinski definition) is 2. The molecule has 0 aliphatic carbocycles. The average molecular weight is 397 g/mol. The molecule has 0 bridgehead atoms. The zero-order valence-corrected chi connectivity index (χ0v) is 16.3. The van der Waals surface area contributed by atoms with Gasteiger partial charge in [0.15, 0.2) is 0 Å². The smallest absolute Gasteiger partial charge is 0.321 e. The fraction of sp³-hybridized carbons (Fsp3) is 0.286. The molecule has 144 valence electrons. The maximum atomic E-state index is 12.6. The van der Waals surface area contributed by atoms with Crippen LogP contribution >= 0.6 is 11.6 Å². The van der Waals surface area contributed by atoms with Gasteiger partial charge in [0.25, 0.3) is 5.91 Å². The number of likely N-dealkylation sites (tertiary alicyclic amines) is 1. The third kappa shape index (κ3) is 3.60. The van der Waals surface area contributed by atoms with E-state index in [-0.39, 0.29) is 11.9 Å². The summed E-state index contributed by atoms with van der Waals surface area (Å²) in [6.07, 6.45) is 1.16. The molecule has 0 radical (unpaired) electrons. The Balaban J connectivity index is 1.43. The third-order valence-electron chi connectivity index (χ3n) is 5.25. The number of anilines is 1. The molecule has 1 fully saturated rings. The Morgan fingerprint density at radius 2 is 1.89 bits per heavy atom. The second kappa shape index (κ2) is 7.28. The molecule has 3 amide bonds. The van der Waals surface area contributed by atoms with Gasteiger partial charge in [-0.1, -0.05) is 48.0 Å². The summed E-state index contributed by atoms with van der Waals surface area (Å²) in [6.45, 7) is 2.94. The lowest BCUT2D eigenvalue weighted by atomic mass is 9.98. The summed E-state index contributed by atoms with van der Waals surface area (Å²) in [6, 6.07) is 14.7. The standard InChI is InChI=1S/C21H21ClN4O2/c1-14-7-8-16(22)13-17(14)23-20(28)26-11-9-21(10-12-26)24-18(19(27)25-21)15-5-3-2-4-6-15/h2-8,13H,9-12H2,1H3,(H,23,28)(H,25,27). The van der Waals surface area contributed by atoms with E-state index >= 15 is 0 Å². The van der Waals surface area contributed by atoms with Gasteiger partial charge in [-0.15, -0.1) is 0 Å². The van der Waals surface area contributed by atoms with Crippen molar-refractivity contribution in [1.82, 2.24) is 10.2 Å². The number of urea groups is 1. The first kappa shape index (κ1) is 18.5. The van der Waals surface area contributed by atoms with E-state index in [0.717, 1.165) is 11.1 Å². The van der Waals surface area contributed by atoms with Crippen molar-refractivity contribution in [2.45, 2.75) is 25.4 Å². The molecule has 1 saturated heterocycles. The van der Waals surface area contributed by atoms with Crippen molar-refractivity contribution in [2.24, 2.45) is 4.99 Å². The van der Waals surface area contributed by atoms with Gasteiger partial charge >= 0.3 is 6.03 Å². The Hall–Kier alpha value is -2.86. The Bertz CT molecular complexity index is 950. The van der Waals surface area contributed by atoms with Crippen LogP contribution in [0.1, 0.15) is 24.0 Å². The summed E-state index contributed by atoms with van der Waals surface area (Å²) in [7, 11) is 0. The van der Waals surface area contributed by atoms with Gasteiger partial charge in [0.05, 0.1) is 0 Å². The fourth-order valence-corrected chi connectivity index (χ4v) is 3.77. The topological polar surface area (TPSA) is 73.8 Å². The van der Waals surface area contributed by atoms with E-state index in [0.29, 0.717) is 42.4 Å². The summed E-state index contributed by atoms with van der Waals surface area (Å²) in [5.74, 6) is -0.154. The van der Waals surface area contributed by atoms with Crippen LogP contribution in [0.3, 0.4) is 0 Å². The van der Waals surface area contributed by atoms with E-state index < -0.39 is 5.66 Å². The molecule has 1 spiro atoms. The number of hydrogen-bond acceptors (Lipinski definition) is 3. The molecule has 2 aliphatic heterocycles. The zero-order chi connectivity index (χ0) is 19.7. The van der Waals surface area contributed by atoms with Crippen LogP contribution in [0.4, 0.5) is 10.5 Å². The minimum atomic E-state index is -0.620. The van der Waals surface area contributed by atoms with Gasteiger partial charge in [-0.25, -0.2) is 4.79 Å². The second-order valence-corrected chi connectivity index (χ2v) is 7.63. The van der Waals surface area contributed by atoms with Crippen LogP contribution in [0.5, 0.6) is 0 Å². The number of nitrogens with one attached hydrogen (secondary N) is 2. The number of halogens is 1. The highest BCUT2D eigenvalue weighted by atomic mass is 35.5. The van der Waals surface area contributed by atoms with Crippen molar-refractivity contribution >= 4 is 34.9 Å². The second-order valence-electron chi connectivity index (χ2n) is 7.19. The number of aryl methyl sites for hydroxylation is 1. The lowest BCUT2D eigenvalue weighted by Gasteiger charge is -2.37. The molecule has 2 N–H and O–H groups in total. The van der Waals surface area contributed by atoms with E-state index in [4.69, 9.17) is 16.6 Å². The number of rotatable bonds is 2. The molecule has 6 nitrogen and oxygen atoms in total. The van der Waals surface area contributed by atoms with Gasteiger partial charge in [0, 0.05) is 42.2 Å². The highest BCUT2D eigenvalue weighted by Crippen LogP contribution is 2.29. The van der Waals surface area contributed by atoms with Crippen molar-refractivity contribution in [3.8, 4) is 0 Å². The molecule has 28 heavy (non-hydrogen) atoms. The van der Waals surface area contributed by atoms with Gasteiger partial charge in [-0.2, -0.15) is 0 Å². The lowest BCUT2D eigenvalue weighted by Crippen LogP contribution is -2.53. The largest absolute Gasteiger partial charge is 0.326 e. The first-order valence-electron chi connectivity index (χ1n) is 9.26. The van der Waals surface area contributed by atoms with Crippen LogP contribution in [-0.2, 0) is 4.79 Å². The van der Waals surface area contributed by atoms with Crippen LogP contribution in [0, 0.1) is 6.92 Å². The zero-order valence-electron chi connectivity index (χ0n) is 15.5. The molecule has 0 unspecified atom stereocenters. The van der Waals surface area contributed by atoms with Gasteiger partial charge in [-0.05, 0) is 24.6 Å². The average Bonchev–Trinajstić information content (AvgIpc) is 3.01. The van der Waals surface area contributed by atoms with Crippen LogP contribution in [0.2, 0.25) is 5.02 Å². The summed E-state index contributed by atoms with van der Waals surface area (Å²) in [4.78, 5) is 31.5. The van der Waals surface area contributed by atoms with Crippen molar-refractivity contribution in [1.29, 1.82) is 0 Å². The van der Waals surface area contributed by atoms with Crippen LogP contribution < -0.4 is 10.6 Å². The van der Waals surface area contributed by atoms with E-state index in [1.165, 1.54) is 0 Å². The van der Waals surface area contributed by atoms with Crippen molar-refractivity contribution < 1.29 is 9.59 Å². The van der Waals surface area contributed by atoms with E-state index in [1.54, 1.807) is 17.0 Å². The highest BCUT2D eigenvalue weighted by molar-refractivity contribution is 6.46. The van der Waals surface area contributed by atoms with Crippen LogP contribution in [0.15, 0.2) is 53.5 Å². The molecular weight excluding hydrogens is 376 g/mol. The Morgan fingerprint density at radius 1 is 1.18 bits per heavy atom. The monoisotopic (exact) mass is 396 g/mol. The number of carbonyl (C=O) groups is 2. The van der Waals surface area contributed by atoms with Gasteiger partial charge in [0.2, 0.25) is 0 Å². The normalized spacial score (nSPS) is 18.0. The van der Waals surface area contributed by atoms with Gasteiger partial charge in [0.1, 0.15) is 11.4 Å². The minimum Gasteiger partial charge on any atom is -0.326 e. The third-order valence-corrected chi connectivity index (χ3v) is 5.49. The fourth-order valence-electron chi connectivity index (χ4n) is 3.59. The number of benzene rings is 2. The van der Waals surface area contributed by atoms with E-state index in [9.17, 15) is 9.59 Å². The maximum Gasteiger partial charge on any atom is 0.321 e.